The van der Waals surface area contributed by atoms with Gasteiger partial charge in [-0.2, -0.15) is 0 Å². The minimum absolute atomic E-state index is 0.123. The predicted octanol–water partition coefficient (Wildman–Crippen LogP) is 2.46. The zero-order valence-electron chi connectivity index (χ0n) is 12.8. The van der Waals surface area contributed by atoms with E-state index < -0.39 is 0 Å². The van der Waals surface area contributed by atoms with E-state index in [0.29, 0.717) is 23.6 Å². The van der Waals surface area contributed by atoms with E-state index in [1.807, 2.05) is 18.2 Å². The molecule has 5 heteroatoms. The summed E-state index contributed by atoms with van der Waals surface area (Å²) in [5.41, 5.74) is 1.58. The van der Waals surface area contributed by atoms with Crippen molar-refractivity contribution >= 4 is 5.91 Å². The summed E-state index contributed by atoms with van der Waals surface area (Å²) in [6, 6.07) is 11.0. The van der Waals surface area contributed by atoms with Crippen molar-refractivity contribution in [1.29, 1.82) is 0 Å². The number of nitrogens with zero attached hydrogens (tertiary/aromatic N) is 1. The number of aryl methyl sites for hydroxylation is 1. The molecule has 0 spiro atoms. The highest BCUT2D eigenvalue weighted by Gasteiger charge is 2.10. The van der Waals surface area contributed by atoms with Crippen molar-refractivity contribution in [3.63, 3.8) is 0 Å². The highest BCUT2D eigenvalue weighted by Crippen LogP contribution is 2.27. The molecule has 0 aliphatic carbocycles. The minimum Gasteiger partial charge on any atom is -0.493 e. The molecule has 0 unspecified atom stereocenters. The summed E-state index contributed by atoms with van der Waals surface area (Å²) >= 11 is 0. The molecule has 1 heterocycles. The average molecular weight is 300 g/mol. The molecule has 0 atom stereocenters. The van der Waals surface area contributed by atoms with Crippen molar-refractivity contribution in [2.75, 3.05) is 20.8 Å². The monoisotopic (exact) mass is 300 g/mol. The molecule has 2 aromatic rings. The Balaban J connectivity index is 1.84. The van der Waals surface area contributed by atoms with E-state index in [9.17, 15) is 4.79 Å². The number of carbonyl (C=O) groups is 1. The number of carbonyl (C=O) groups excluding carboxylic acids is 1. The smallest absolute Gasteiger partial charge is 0.251 e. The van der Waals surface area contributed by atoms with Gasteiger partial charge in [0.15, 0.2) is 11.5 Å². The van der Waals surface area contributed by atoms with Crippen molar-refractivity contribution in [2.24, 2.45) is 0 Å². The fraction of sp³-hybridized carbons (Fsp3) is 0.294. The van der Waals surface area contributed by atoms with Crippen LogP contribution in [0.1, 0.15) is 22.5 Å². The molecule has 1 aromatic carbocycles. The minimum atomic E-state index is -0.123. The molecule has 1 amide bonds. The van der Waals surface area contributed by atoms with Crippen LogP contribution in [-0.4, -0.2) is 31.7 Å². The van der Waals surface area contributed by atoms with E-state index >= 15 is 0 Å². The van der Waals surface area contributed by atoms with Crippen LogP contribution in [0.5, 0.6) is 11.5 Å². The maximum absolute atomic E-state index is 12.1. The third-order valence-electron chi connectivity index (χ3n) is 3.27. The molecule has 5 nitrogen and oxygen atoms in total. The van der Waals surface area contributed by atoms with Gasteiger partial charge in [-0.15, -0.1) is 0 Å². The average Bonchev–Trinajstić information content (AvgIpc) is 2.58. The molecule has 0 saturated heterocycles. The number of pyridine rings is 1. The van der Waals surface area contributed by atoms with Crippen molar-refractivity contribution < 1.29 is 14.3 Å². The SMILES string of the molecule is COc1ccc(C(=O)NCCCc2ccccn2)cc1OC. The first-order valence-electron chi connectivity index (χ1n) is 7.14. The lowest BCUT2D eigenvalue weighted by atomic mass is 10.1. The highest BCUT2D eigenvalue weighted by atomic mass is 16.5. The number of ether oxygens (including phenoxy) is 2. The van der Waals surface area contributed by atoms with E-state index in [-0.39, 0.29) is 5.91 Å². The maximum Gasteiger partial charge on any atom is 0.251 e. The fourth-order valence-electron chi connectivity index (χ4n) is 2.10. The van der Waals surface area contributed by atoms with Gasteiger partial charge in [0.1, 0.15) is 0 Å². The molecule has 0 aliphatic heterocycles. The topological polar surface area (TPSA) is 60.5 Å². The van der Waals surface area contributed by atoms with Gasteiger partial charge >= 0.3 is 0 Å². The van der Waals surface area contributed by atoms with Crippen LogP contribution in [0.15, 0.2) is 42.6 Å². The van der Waals surface area contributed by atoms with Gasteiger partial charge in [-0.25, -0.2) is 0 Å². The summed E-state index contributed by atoms with van der Waals surface area (Å²) in [5.74, 6) is 1.03. The number of methoxy groups -OCH3 is 2. The lowest BCUT2D eigenvalue weighted by Gasteiger charge is -2.10. The molecule has 22 heavy (non-hydrogen) atoms. The molecule has 1 aromatic heterocycles. The van der Waals surface area contributed by atoms with Gasteiger partial charge in [0, 0.05) is 24.0 Å². The van der Waals surface area contributed by atoms with Crippen molar-refractivity contribution in [3.8, 4) is 11.5 Å². The standard InChI is InChI=1S/C17H20N2O3/c1-21-15-9-8-13(12-16(15)22-2)17(20)19-11-5-7-14-6-3-4-10-18-14/h3-4,6,8-10,12H,5,7,11H2,1-2H3,(H,19,20). The summed E-state index contributed by atoms with van der Waals surface area (Å²) < 4.78 is 10.4. The van der Waals surface area contributed by atoms with E-state index in [2.05, 4.69) is 10.3 Å². The Labute approximate surface area is 130 Å². The lowest BCUT2D eigenvalue weighted by Crippen LogP contribution is -2.24. The van der Waals surface area contributed by atoms with Crippen LogP contribution in [0.2, 0.25) is 0 Å². The second-order valence-electron chi connectivity index (χ2n) is 4.75. The summed E-state index contributed by atoms with van der Waals surface area (Å²) in [7, 11) is 3.11. The quantitative estimate of drug-likeness (QED) is 0.798. The van der Waals surface area contributed by atoms with E-state index in [1.165, 1.54) is 0 Å². The zero-order chi connectivity index (χ0) is 15.8. The molecule has 2 rings (SSSR count). The molecule has 0 saturated carbocycles. The van der Waals surface area contributed by atoms with Crippen LogP contribution in [0.25, 0.3) is 0 Å². The van der Waals surface area contributed by atoms with Crippen molar-refractivity contribution in [3.05, 3.63) is 53.9 Å². The van der Waals surface area contributed by atoms with Gasteiger partial charge in [-0.05, 0) is 43.2 Å². The molecule has 1 N–H and O–H groups in total. The Morgan fingerprint density at radius 1 is 1.14 bits per heavy atom. The van der Waals surface area contributed by atoms with Crippen LogP contribution in [0.4, 0.5) is 0 Å². The van der Waals surface area contributed by atoms with Gasteiger partial charge in [-0.1, -0.05) is 6.07 Å². The van der Waals surface area contributed by atoms with Crippen LogP contribution >= 0.6 is 0 Å². The molecule has 0 radical (unpaired) electrons. The maximum atomic E-state index is 12.1. The Morgan fingerprint density at radius 3 is 2.64 bits per heavy atom. The van der Waals surface area contributed by atoms with Gasteiger partial charge in [-0.3, -0.25) is 9.78 Å². The Bertz CT molecular complexity index is 615. The normalized spacial score (nSPS) is 10.1. The van der Waals surface area contributed by atoms with Gasteiger partial charge in [0.05, 0.1) is 14.2 Å². The second-order valence-corrected chi connectivity index (χ2v) is 4.75. The predicted molar refractivity (Wildman–Crippen MR) is 84.4 cm³/mol. The van der Waals surface area contributed by atoms with Crippen LogP contribution in [0.3, 0.4) is 0 Å². The van der Waals surface area contributed by atoms with Crippen molar-refractivity contribution in [1.82, 2.24) is 10.3 Å². The second kappa shape index (κ2) is 8.02. The Kier molecular flexibility index (Phi) is 5.77. The largest absolute Gasteiger partial charge is 0.493 e. The highest BCUT2D eigenvalue weighted by molar-refractivity contribution is 5.94. The third kappa shape index (κ3) is 4.22. The zero-order valence-corrected chi connectivity index (χ0v) is 12.8. The number of amides is 1. The number of hydrogen-bond acceptors (Lipinski definition) is 4. The Hall–Kier alpha value is -2.56. The lowest BCUT2D eigenvalue weighted by molar-refractivity contribution is 0.0953. The Morgan fingerprint density at radius 2 is 1.95 bits per heavy atom. The summed E-state index contributed by atoms with van der Waals surface area (Å²) in [5, 5.41) is 2.89. The van der Waals surface area contributed by atoms with Gasteiger partial charge in [0.2, 0.25) is 0 Å². The molecule has 116 valence electrons. The molecule has 0 aliphatic rings. The van der Waals surface area contributed by atoms with Crippen LogP contribution in [0, 0.1) is 0 Å². The van der Waals surface area contributed by atoms with E-state index in [4.69, 9.17) is 9.47 Å². The fourth-order valence-corrected chi connectivity index (χ4v) is 2.10. The van der Waals surface area contributed by atoms with Gasteiger partial charge < -0.3 is 14.8 Å². The number of aromatic nitrogens is 1. The van der Waals surface area contributed by atoms with Crippen LogP contribution in [-0.2, 0) is 6.42 Å². The number of hydrogen-bond donors (Lipinski definition) is 1. The first-order chi connectivity index (χ1) is 10.7. The molecular weight excluding hydrogens is 280 g/mol. The summed E-state index contributed by atoms with van der Waals surface area (Å²) in [6.45, 7) is 0.601. The molecule has 0 bridgehead atoms. The first-order valence-corrected chi connectivity index (χ1v) is 7.14. The molecular formula is C17H20N2O3. The van der Waals surface area contributed by atoms with Gasteiger partial charge in [0.25, 0.3) is 5.91 Å². The number of rotatable bonds is 7. The number of nitrogens with one attached hydrogen (secondary N) is 1. The molecule has 0 fully saturated rings. The van der Waals surface area contributed by atoms with E-state index in [0.717, 1.165) is 18.5 Å². The number of benzene rings is 1. The van der Waals surface area contributed by atoms with Crippen LogP contribution < -0.4 is 14.8 Å². The summed E-state index contributed by atoms with van der Waals surface area (Å²) in [6.07, 6.45) is 3.46. The first kappa shape index (κ1) is 15.8. The summed E-state index contributed by atoms with van der Waals surface area (Å²) in [4.78, 5) is 16.4. The van der Waals surface area contributed by atoms with Crippen molar-refractivity contribution in [2.45, 2.75) is 12.8 Å². The third-order valence-corrected chi connectivity index (χ3v) is 3.27. The van der Waals surface area contributed by atoms with E-state index in [1.54, 1.807) is 38.6 Å².